The maximum Gasteiger partial charge on any atom is 0.317 e. The molecule has 0 aliphatic carbocycles. The van der Waals surface area contributed by atoms with Crippen LogP contribution in [0.15, 0.2) is 0 Å². The first-order valence-corrected chi connectivity index (χ1v) is 4.23. The minimum absolute atomic E-state index is 0.0284. The summed E-state index contributed by atoms with van der Waals surface area (Å²) in [5.74, 6) is -0.918. The van der Waals surface area contributed by atoms with Gasteiger partial charge in [0.1, 0.15) is 0 Å². The van der Waals surface area contributed by atoms with Crippen molar-refractivity contribution in [3.05, 3.63) is 0 Å². The molecule has 0 radical (unpaired) electrons. The molecule has 0 atom stereocenters. The second-order valence-electron chi connectivity index (χ2n) is 2.84. The van der Waals surface area contributed by atoms with E-state index in [-0.39, 0.29) is 12.5 Å². The molecule has 2 N–H and O–H groups in total. The average Bonchev–Trinajstić information content (AvgIpc) is 2.00. The van der Waals surface area contributed by atoms with Crippen molar-refractivity contribution in [2.24, 2.45) is 0 Å². The molecule has 0 aromatic heterocycles. The van der Waals surface area contributed by atoms with Gasteiger partial charge in [-0.1, -0.05) is 0 Å². The fourth-order valence-corrected chi connectivity index (χ4v) is 0.888. The third kappa shape index (κ3) is 7.27. The highest BCUT2D eigenvalue weighted by Gasteiger charge is 2.06. The van der Waals surface area contributed by atoms with Crippen LogP contribution in [0.4, 0.5) is 0 Å². The Labute approximate surface area is 77.7 Å². The quantitative estimate of drug-likeness (QED) is 0.591. The number of rotatable bonds is 6. The van der Waals surface area contributed by atoms with E-state index in [1.165, 1.54) is 0 Å². The first-order chi connectivity index (χ1) is 6.06. The number of hydrogen-bond acceptors (Lipinski definition) is 3. The van der Waals surface area contributed by atoms with Gasteiger partial charge in [-0.3, -0.25) is 14.5 Å². The summed E-state index contributed by atoms with van der Waals surface area (Å²) >= 11 is 0. The van der Waals surface area contributed by atoms with E-state index in [1.807, 2.05) is 6.92 Å². The van der Waals surface area contributed by atoms with E-state index in [4.69, 9.17) is 5.11 Å². The van der Waals surface area contributed by atoms with Crippen LogP contribution in [0, 0.1) is 0 Å². The number of carbonyl (C=O) groups is 2. The summed E-state index contributed by atoms with van der Waals surface area (Å²) in [6.45, 7) is 2.90. The van der Waals surface area contributed by atoms with Crippen molar-refractivity contribution >= 4 is 11.9 Å². The Bertz CT molecular complexity index is 182. The zero-order valence-electron chi connectivity index (χ0n) is 8.04. The van der Waals surface area contributed by atoms with E-state index in [2.05, 4.69) is 5.32 Å². The molecule has 5 heteroatoms. The fourth-order valence-electron chi connectivity index (χ4n) is 0.888. The highest BCUT2D eigenvalue weighted by molar-refractivity contribution is 5.76. The van der Waals surface area contributed by atoms with E-state index >= 15 is 0 Å². The highest BCUT2D eigenvalue weighted by atomic mass is 16.4. The van der Waals surface area contributed by atoms with Gasteiger partial charge >= 0.3 is 5.97 Å². The predicted octanol–water partition coefficient (Wildman–Crippen LogP) is -0.471. The molecule has 0 saturated heterocycles. The fraction of sp³-hybridized carbons (Fsp3) is 0.750. The Hall–Kier alpha value is -1.10. The summed E-state index contributed by atoms with van der Waals surface area (Å²) in [5.41, 5.74) is 0. The van der Waals surface area contributed by atoms with E-state index in [9.17, 15) is 9.59 Å². The summed E-state index contributed by atoms with van der Waals surface area (Å²) in [5, 5.41) is 11.1. The van der Waals surface area contributed by atoms with Gasteiger partial charge in [0.05, 0.1) is 6.54 Å². The summed E-state index contributed by atoms with van der Waals surface area (Å²) in [6.07, 6.45) is 0.345. The average molecular weight is 188 g/mol. The van der Waals surface area contributed by atoms with Crippen LogP contribution in [0.25, 0.3) is 0 Å². The summed E-state index contributed by atoms with van der Waals surface area (Å²) in [6, 6.07) is 0. The van der Waals surface area contributed by atoms with Gasteiger partial charge in [-0.2, -0.15) is 0 Å². The number of carboxylic acid groups (broad SMARTS) is 1. The molecule has 0 aliphatic heterocycles. The third-order valence-electron chi connectivity index (χ3n) is 1.50. The molecular weight excluding hydrogens is 172 g/mol. The van der Waals surface area contributed by atoms with Crippen LogP contribution in [0.3, 0.4) is 0 Å². The second kappa shape index (κ2) is 6.42. The van der Waals surface area contributed by atoms with Crippen molar-refractivity contribution in [2.45, 2.75) is 13.3 Å². The standard InChI is InChI=1S/C8H16N2O3/c1-3-9-7(11)4-5-10(2)6-8(12)13/h3-6H2,1-2H3,(H,9,11)(H,12,13). The summed E-state index contributed by atoms with van der Waals surface area (Å²) in [4.78, 5) is 22.8. The molecule has 0 saturated carbocycles. The Morgan fingerprint density at radius 1 is 1.46 bits per heavy atom. The number of amides is 1. The molecule has 0 aromatic rings. The molecule has 0 unspecified atom stereocenters. The smallest absolute Gasteiger partial charge is 0.317 e. The van der Waals surface area contributed by atoms with Gasteiger partial charge in [-0.15, -0.1) is 0 Å². The predicted molar refractivity (Wildman–Crippen MR) is 48.4 cm³/mol. The largest absolute Gasteiger partial charge is 0.480 e. The minimum atomic E-state index is -0.876. The van der Waals surface area contributed by atoms with Crippen LogP contribution in [-0.2, 0) is 9.59 Å². The van der Waals surface area contributed by atoms with E-state index in [0.717, 1.165) is 0 Å². The lowest BCUT2D eigenvalue weighted by Crippen LogP contribution is -2.31. The highest BCUT2D eigenvalue weighted by Crippen LogP contribution is 1.87. The Balaban J connectivity index is 3.51. The van der Waals surface area contributed by atoms with Gasteiger partial charge in [-0.25, -0.2) is 0 Å². The molecule has 5 nitrogen and oxygen atoms in total. The van der Waals surface area contributed by atoms with Crippen LogP contribution >= 0.6 is 0 Å². The normalized spacial score (nSPS) is 10.1. The van der Waals surface area contributed by atoms with Crippen molar-refractivity contribution in [3.63, 3.8) is 0 Å². The zero-order valence-corrected chi connectivity index (χ0v) is 8.04. The molecule has 13 heavy (non-hydrogen) atoms. The van der Waals surface area contributed by atoms with Crippen LogP contribution < -0.4 is 5.32 Å². The molecule has 0 aromatic carbocycles. The van der Waals surface area contributed by atoms with Gasteiger partial charge in [0.2, 0.25) is 5.91 Å². The molecule has 0 fully saturated rings. The number of carbonyl (C=O) groups excluding carboxylic acids is 1. The van der Waals surface area contributed by atoms with Gasteiger partial charge in [0.25, 0.3) is 0 Å². The monoisotopic (exact) mass is 188 g/mol. The Morgan fingerprint density at radius 3 is 2.54 bits per heavy atom. The first kappa shape index (κ1) is 11.9. The van der Waals surface area contributed by atoms with E-state index in [1.54, 1.807) is 11.9 Å². The molecule has 0 aliphatic rings. The summed E-state index contributed by atoms with van der Waals surface area (Å²) < 4.78 is 0. The number of carboxylic acids is 1. The van der Waals surface area contributed by atoms with Gasteiger partial charge in [0.15, 0.2) is 0 Å². The first-order valence-electron chi connectivity index (χ1n) is 4.23. The third-order valence-corrected chi connectivity index (χ3v) is 1.50. The maximum absolute atomic E-state index is 10.9. The minimum Gasteiger partial charge on any atom is -0.480 e. The molecule has 0 heterocycles. The zero-order chi connectivity index (χ0) is 10.3. The number of hydrogen-bond donors (Lipinski definition) is 2. The number of nitrogens with zero attached hydrogens (tertiary/aromatic N) is 1. The number of aliphatic carboxylic acids is 1. The summed E-state index contributed by atoms with van der Waals surface area (Å²) in [7, 11) is 1.67. The van der Waals surface area contributed by atoms with Gasteiger partial charge < -0.3 is 10.4 Å². The lowest BCUT2D eigenvalue weighted by atomic mass is 10.3. The van der Waals surface area contributed by atoms with E-state index in [0.29, 0.717) is 19.5 Å². The molecule has 0 spiro atoms. The van der Waals surface area contributed by atoms with Crippen LogP contribution in [0.1, 0.15) is 13.3 Å². The molecule has 0 rings (SSSR count). The van der Waals surface area contributed by atoms with Crippen LogP contribution in [0.2, 0.25) is 0 Å². The van der Waals surface area contributed by atoms with Crippen molar-refractivity contribution < 1.29 is 14.7 Å². The molecule has 1 amide bonds. The van der Waals surface area contributed by atoms with Gasteiger partial charge in [0, 0.05) is 19.5 Å². The van der Waals surface area contributed by atoms with Crippen molar-refractivity contribution in [1.29, 1.82) is 0 Å². The van der Waals surface area contributed by atoms with Crippen LogP contribution in [0.5, 0.6) is 0 Å². The van der Waals surface area contributed by atoms with Crippen molar-refractivity contribution in [2.75, 3.05) is 26.7 Å². The molecule has 76 valence electrons. The topological polar surface area (TPSA) is 69.6 Å². The molecular formula is C8H16N2O3. The SMILES string of the molecule is CCNC(=O)CCN(C)CC(=O)O. The Kier molecular flexibility index (Phi) is 5.88. The Morgan fingerprint density at radius 2 is 2.08 bits per heavy atom. The maximum atomic E-state index is 10.9. The van der Waals surface area contributed by atoms with Crippen LogP contribution in [-0.4, -0.2) is 48.6 Å². The lowest BCUT2D eigenvalue weighted by Gasteiger charge is -2.12. The number of likely N-dealkylation sites (N-methyl/N-ethyl adjacent to an activating group) is 1. The molecule has 0 bridgehead atoms. The van der Waals surface area contributed by atoms with E-state index < -0.39 is 5.97 Å². The number of nitrogens with one attached hydrogen (secondary N) is 1. The van der Waals surface area contributed by atoms with Gasteiger partial charge in [-0.05, 0) is 14.0 Å². The van der Waals surface area contributed by atoms with Crippen molar-refractivity contribution in [1.82, 2.24) is 10.2 Å². The lowest BCUT2D eigenvalue weighted by molar-refractivity contribution is -0.138. The second-order valence-corrected chi connectivity index (χ2v) is 2.84. The van der Waals surface area contributed by atoms with Crippen molar-refractivity contribution in [3.8, 4) is 0 Å².